The topological polar surface area (TPSA) is 84.5 Å². The fourth-order valence-electron chi connectivity index (χ4n) is 2.44. The molecule has 0 spiro atoms. The van der Waals surface area contributed by atoms with Crippen LogP contribution in [0.4, 0.5) is 5.69 Å². The maximum atomic E-state index is 12.1. The van der Waals surface area contributed by atoms with Crippen LogP contribution in [0.5, 0.6) is 5.75 Å². The van der Waals surface area contributed by atoms with Crippen LogP contribution in [-0.4, -0.2) is 27.5 Å². The molecule has 0 saturated heterocycles. The second-order valence-electron chi connectivity index (χ2n) is 6.32. The van der Waals surface area contributed by atoms with Gasteiger partial charge in [-0.1, -0.05) is 6.07 Å². The molecule has 2 aromatic rings. The Morgan fingerprint density at radius 1 is 1.15 bits per heavy atom. The lowest BCUT2D eigenvalue weighted by atomic mass is 10.1. The zero-order valence-corrected chi connectivity index (χ0v) is 17.9. The molecule has 0 aromatic heterocycles. The van der Waals surface area contributed by atoms with Crippen molar-refractivity contribution in [3.05, 3.63) is 52.5 Å². The van der Waals surface area contributed by atoms with Gasteiger partial charge < -0.3 is 10.1 Å². The van der Waals surface area contributed by atoms with Crippen molar-refractivity contribution in [2.75, 3.05) is 12.4 Å². The molecule has 1 amide bonds. The molecular formula is C19H23BrN2O4S. The van der Waals surface area contributed by atoms with Gasteiger partial charge in [0.2, 0.25) is 15.9 Å². The van der Waals surface area contributed by atoms with Crippen LogP contribution in [0.15, 0.2) is 51.8 Å². The van der Waals surface area contributed by atoms with Crippen molar-refractivity contribution in [1.82, 2.24) is 4.72 Å². The van der Waals surface area contributed by atoms with Gasteiger partial charge in [0.1, 0.15) is 5.75 Å². The third kappa shape index (κ3) is 6.34. The highest BCUT2D eigenvalue weighted by molar-refractivity contribution is 9.10. The zero-order valence-electron chi connectivity index (χ0n) is 15.5. The number of aryl methyl sites for hydroxylation is 1. The first-order valence-corrected chi connectivity index (χ1v) is 10.7. The third-order valence-electron chi connectivity index (χ3n) is 3.70. The Bertz CT molecular complexity index is 896. The molecule has 8 heteroatoms. The summed E-state index contributed by atoms with van der Waals surface area (Å²) in [5.41, 5.74) is 1.57. The van der Waals surface area contributed by atoms with Gasteiger partial charge in [-0.3, -0.25) is 4.79 Å². The highest BCUT2D eigenvalue weighted by Gasteiger charge is 2.15. The highest BCUT2D eigenvalue weighted by atomic mass is 79.9. The first-order valence-electron chi connectivity index (χ1n) is 8.46. The third-order valence-corrected chi connectivity index (χ3v) is 5.99. The Morgan fingerprint density at radius 2 is 1.81 bits per heavy atom. The van der Waals surface area contributed by atoms with E-state index in [1.807, 2.05) is 18.2 Å². The average molecular weight is 455 g/mol. The lowest BCUT2D eigenvalue weighted by Crippen LogP contribution is -2.30. The molecule has 2 rings (SSSR count). The van der Waals surface area contributed by atoms with Crippen LogP contribution in [0.25, 0.3) is 0 Å². The van der Waals surface area contributed by atoms with Crippen LogP contribution in [0.3, 0.4) is 0 Å². The van der Waals surface area contributed by atoms with Crippen LogP contribution in [0.1, 0.15) is 25.8 Å². The number of hydrogen-bond donors (Lipinski definition) is 2. The normalized spacial score (nSPS) is 11.4. The molecule has 0 aliphatic rings. The number of hydrogen-bond acceptors (Lipinski definition) is 4. The van der Waals surface area contributed by atoms with Gasteiger partial charge >= 0.3 is 0 Å². The number of halogens is 1. The van der Waals surface area contributed by atoms with Gasteiger partial charge in [-0.25, -0.2) is 13.1 Å². The number of benzene rings is 2. The SMILES string of the molecule is COc1ccc(CCC(=O)Nc2ccc(S(=O)(=O)NC(C)C)cc2)cc1Br. The number of methoxy groups -OCH3 is 1. The average Bonchev–Trinajstić information content (AvgIpc) is 2.59. The fourth-order valence-corrected chi connectivity index (χ4v) is 4.28. The molecule has 0 aliphatic heterocycles. The van der Waals surface area contributed by atoms with Gasteiger partial charge in [-0.05, 0) is 78.2 Å². The summed E-state index contributed by atoms with van der Waals surface area (Å²) in [6, 6.07) is 11.6. The number of amides is 1. The molecule has 0 bridgehead atoms. The van der Waals surface area contributed by atoms with Crippen molar-refractivity contribution < 1.29 is 17.9 Å². The summed E-state index contributed by atoms with van der Waals surface area (Å²) in [6.07, 6.45) is 0.896. The predicted octanol–water partition coefficient (Wildman–Crippen LogP) is 3.72. The van der Waals surface area contributed by atoms with E-state index in [0.29, 0.717) is 18.5 Å². The predicted molar refractivity (Wildman–Crippen MR) is 110 cm³/mol. The molecule has 0 atom stereocenters. The minimum absolute atomic E-state index is 0.141. The molecule has 0 aliphatic carbocycles. The number of nitrogens with one attached hydrogen (secondary N) is 2. The summed E-state index contributed by atoms with van der Waals surface area (Å²) < 4.78 is 32.7. The monoisotopic (exact) mass is 454 g/mol. The summed E-state index contributed by atoms with van der Waals surface area (Å²) >= 11 is 3.43. The number of rotatable bonds is 8. The van der Waals surface area contributed by atoms with Crippen molar-refractivity contribution in [2.24, 2.45) is 0 Å². The van der Waals surface area contributed by atoms with E-state index in [0.717, 1.165) is 15.8 Å². The van der Waals surface area contributed by atoms with E-state index in [1.165, 1.54) is 12.1 Å². The molecular weight excluding hydrogens is 432 g/mol. The van der Waals surface area contributed by atoms with Crippen LogP contribution in [-0.2, 0) is 21.2 Å². The van der Waals surface area contributed by atoms with Crippen LogP contribution in [0, 0.1) is 0 Å². The lowest BCUT2D eigenvalue weighted by molar-refractivity contribution is -0.116. The first kappa shape index (κ1) is 21.4. The van der Waals surface area contributed by atoms with Gasteiger partial charge in [0.15, 0.2) is 0 Å². The molecule has 2 N–H and O–H groups in total. The maximum Gasteiger partial charge on any atom is 0.240 e. The number of sulfonamides is 1. The molecule has 6 nitrogen and oxygen atoms in total. The number of anilines is 1. The van der Waals surface area contributed by atoms with Gasteiger partial charge in [-0.2, -0.15) is 0 Å². The van der Waals surface area contributed by atoms with Crippen LogP contribution < -0.4 is 14.8 Å². The number of carbonyl (C=O) groups is 1. The smallest absolute Gasteiger partial charge is 0.240 e. The Labute approximate surface area is 168 Å². The van der Waals surface area contributed by atoms with Gasteiger partial charge in [0, 0.05) is 18.2 Å². The lowest BCUT2D eigenvalue weighted by Gasteiger charge is -2.11. The maximum absolute atomic E-state index is 12.1. The second-order valence-corrected chi connectivity index (χ2v) is 8.89. The minimum atomic E-state index is -3.54. The quantitative estimate of drug-likeness (QED) is 0.636. The first-order chi connectivity index (χ1) is 12.7. The van der Waals surface area contributed by atoms with Gasteiger partial charge in [0.05, 0.1) is 16.5 Å². The van der Waals surface area contributed by atoms with E-state index in [-0.39, 0.29) is 16.8 Å². The summed E-state index contributed by atoms with van der Waals surface area (Å²) in [7, 11) is -1.94. The van der Waals surface area contributed by atoms with Crippen molar-refractivity contribution in [1.29, 1.82) is 0 Å². The Kier molecular flexibility index (Phi) is 7.41. The van der Waals surface area contributed by atoms with E-state index in [2.05, 4.69) is 26.0 Å². The van der Waals surface area contributed by atoms with Crippen molar-refractivity contribution in [3.8, 4) is 5.75 Å². The highest BCUT2D eigenvalue weighted by Crippen LogP contribution is 2.26. The molecule has 146 valence electrons. The van der Waals surface area contributed by atoms with E-state index < -0.39 is 10.0 Å². The number of carbonyl (C=O) groups excluding carboxylic acids is 1. The molecule has 0 unspecified atom stereocenters. The summed E-state index contributed by atoms with van der Waals surface area (Å²) in [6.45, 7) is 3.51. The molecule has 2 aromatic carbocycles. The van der Waals surface area contributed by atoms with Crippen molar-refractivity contribution >= 4 is 37.5 Å². The van der Waals surface area contributed by atoms with E-state index >= 15 is 0 Å². The summed E-state index contributed by atoms with van der Waals surface area (Å²) in [5.74, 6) is 0.600. The molecule has 0 fully saturated rings. The van der Waals surface area contributed by atoms with Crippen molar-refractivity contribution in [2.45, 2.75) is 37.6 Å². The summed E-state index contributed by atoms with van der Waals surface area (Å²) in [4.78, 5) is 12.3. The summed E-state index contributed by atoms with van der Waals surface area (Å²) in [5, 5.41) is 2.78. The molecule has 27 heavy (non-hydrogen) atoms. The molecule has 0 radical (unpaired) electrons. The fraction of sp³-hybridized carbons (Fsp3) is 0.316. The second kappa shape index (κ2) is 9.34. The van der Waals surface area contributed by atoms with Gasteiger partial charge in [-0.15, -0.1) is 0 Å². The van der Waals surface area contributed by atoms with Crippen LogP contribution in [0.2, 0.25) is 0 Å². The molecule has 0 heterocycles. The van der Waals surface area contributed by atoms with Crippen molar-refractivity contribution in [3.63, 3.8) is 0 Å². The largest absolute Gasteiger partial charge is 0.496 e. The van der Waals surface area contributed by atoms with Gasteiger partial charge in [0.25, 0.3) is 0 Å². The Morgan fingerprint density at radius 3 is 2.37 bits per heavy atom. The zero-order chi connectivity index (χ0) is 20.0. The van der Waals surface area contributed by atoms with E-state index in [1.54, 1.807) is 33.1 Å². The number of ether oxygens (including phenoxy) is 1. The Hall–Kier alpha value is -1.90. The van der Waals surface area contributed by atoms with Crippen LogP contribution >= 0.6 is 15.9 Å². The van der Waals surface area contributed by atoms with E-state index in [4.69, 9.17) is 4.74 Å². The standard InChI is InChI=1S/C19H23BrN2O4S/c1-13(2)22-27(24,25)16-8-6-15(7-9-16)21-19(23)11-5-14-4-10-18(26-3)17(20)12-14/h4,6-10,12-13,22H,5,11H2,1-3H3,(H,21,23). The minimum Gasteiger partial charge on any atom is -0.496 e. The van der Waals surface area contributed by atoms with E-state index in [9.17, 15) is 13.2 Å². The molecule has 0 saturated carbocycles. The Balaban J connectivity index is 1.93.